The number of ether oxygens (including phenoxy) is 1. The Morgan fingerprint density at radius 3 is 2.82 bits per heavy atom. The SMILES string of the molecule is CCC(C)C(NCc1nccn1C)C(=O)OC. The molecule has 1 rings (SSSR count). The van der Waals surface area contributed by atoms with Gasteiger partial charge >= 0.3 is 5.97 Å². The zero-order valence-electron chi connectivity index (χ0n) is 10.9. The molecule has 0 aliphatic heterocycles. The van der Waals surface area contributed by atoms with E-state index >= 15 is 0 Å². The maximum absolute atomic E-state index is 11.6. The van der Waals surface area contributed by atoms with Gasteiger partial charge in [0.1, 0.15) is 11.9 Å². The lowest BCUT2D eigenvalue weighted by atomic mass is 9.99. The average Bonchev–Trinajstić information content (AvgIpc) is 2.74. The van der Waals surface area contributed by atoms with Crippen molar-refractivity contribution in [3.8, 4) is 0 Å². The monoisotopic (exact) mass is 239 g/mol. The van der Waals surface area contributed by atoms with Gasteiger partial charge in [0.2, 0.25) is 0 Å². The minimum atomic E-state index is -0.276. The lowest BCUT2D eigenvalue weighted by Crippen LogP contribution is -2.42. The number of nitrogens with zero attached hydrogens (tertiary/aromatic N) is 2. The molecule has 2 atom stereocenters. The molecule has 0 fully saturated rings. The molecular formula is C12H21N3O2. The third-order valence-electron chi connectivity index (χ3n) is 3.07. The summed E-state index contributed by atoms with van der Waals surface area (Å²) < 4.78 is 6.74. The lowest BCUT2D eigenvalue weighted by Gasteiger charge is -2.21. The Kier molecular flexibility index (Phi) is 5.15. The molecule has 1 aromatic rings. The second-order valence-electron chi connectivity index (χ2n) is 4.22. The predicted octanol–water partition coefficient (Wildman–Crippen LogP) is 1.10. The van der Waals surface area contributed by atoms with Crippen LogP contribution in [-0.2, 0) is 23.1 Å². The van der Waals surface area contributed by atoms with Gasteiger partial charge < -0.3 is 9.30 Å². The van der Waals surface area contributed by atoms with Crippen LogP contribution < -0.4 is 5.32 Å². The molecule has 0 radical (unpaired) electrons. The number of aryl methyl sites for hydroxylation is 1. The van der Waals surface area contributed by atoms with Crippen molar-refractivity contribution in [1.82, 2.24) is 14.9 Å². The molecule has 5 nitrogen and oxygen atoms in total. The summed E-state index contributed by atoms with van der Waals surface area (Å²) in [5.41, 5.74) is 0. The summed E-state index contributed by atoms with van der Waals surface area (Å²) in [6, 6.07) is -0.276. The molecule has 2 unspecified atom stereocenters. The van der Waals surface area contributed by atoms with Gasteiger partial charge in [0.15, 0.2) is 0 Å². The number of methoxy groups -OCH3 is 1. The number of carbonyl (C=O) groups excluding carboxylic acids is 1. The van der Waals surface area contributed by atoms with E-state index in [-0.39, 0.29) is 17.9 Å². The third-order valence-corrected chi connectivity index (χ3v) is 3.07. The van der Waals surface area contributed by atoms with E-state index in [0.717, 1.165) is 12.2 Å². The van der Waals surface area contributed by atoms with Crippen molar-refractivity contribution in [1.29, 1.82) is 0 Å². The fourth-order valence-corrected chi connectivity index (χ4v) is 1.65. The predicted molar refractivity (Wildman–Crippen MR) is 65.3 cm³/mol. The second kappa shape index (κ2) is 6.39. The van der Waals surface area contributed by atoms with Gasteiger partial charge in [-0.15, -0.1) is 0 Å². The number of carbonyl (C=O) groups is 1. The van der Waals surface area contributed by atoms with Crippen molar-refractivity contribution in [2.75, 3.05) is 7.11 Å². The van der Waals surface area contributed by atoms with E-state index in [2.05, 4.69) is 17.2 Å². The van der Waals surface area contributed by atoms with Gasteiger partial charge in [-0.05, 0) is 5.92 Å². The summed E-state index contributed by atoms with van der Waals surface area (Å²) in [4.78, 5) is 15.9. The van der Waals surface area contributed by atoms with Gasteiger partial charge in [-0.3, -0.25) is 10.1 Å². The summed E-state index contributed by atoms with van der Waals surface area (Å²) in [6.45, 7) is 4.66. The molecular weight excluding hydrogens is 218 g/mol. The number of rotatable bonds is 6. The Morgan fingerprint density at radius 2 is 2.35 bits per heavy atom. The van der Waals surface area contributed by atoms with Crippen LogP contribution in [0.15, 0.2) is 12.4 Å². The third kappa shape index (κ3) is 3.56. The van der Waals surface area contributed by atoms with E-state index in [1.807, 2.05) is 24.7 Å². The molecule has 96 valence electrons. The quantitative estimate of drug-likeness (QED) is 0.755. The molecule has 1 heterocycles. The summed E-state index contributed by atoms with van der Waals surface area (Å²) in [5, 5.41) is 3.21. The van der Waals surface area contributed by atoms with Gasteiger partial charge in [0, 0.05) is 19.4 Å². The summed E-state index contributed by atoms with van der Waals surface area (Å²) in [5.74, 6) is 0.929. The van der Waals surface area contributed by atoms with E-state index in [9.17, 15) is 4.79 Å². The highest BCUT2D eigenvalue weighted by Crippen LogP contribution is 2.10. The first-order valence-corrected chi connectivity index (χ1v) is 5.87. The molecule has 5 heteroatoms. The molecule has 0 saturated heterocycles. The number of imidazole rings is 1. The van der Waals surface area contributed by atoms with Crippen LogP contribution in [-0.4, -0.2) is 28.7 Å². The first-order chi connectivity index (χ1) is 8.10. The number of aromatic nitrogens is 2. The van der Waals surface area contributed by atoms with Crippen LogP contribution in [0.4, 0.5) is 0 Å². The van der Waals surface area contributed by atoms with Crippen molar-refractivity contribution < 1.29 is 9.53 Å². The molecule has 1 aromatic heterocycles. The Hall–Kier alpha value is -1.36. The number of nitrogens with one attached hydrogen (secondary N) is 1. The van der Waals surface area contributed by atoms with Gasteiger partial charge in [0.25, 0.3) is 0 Å². The summed E-state index contributed by atoms with van der Waals surface area (Å²) in [6.07, 6.45) is 4.55. The number of esters is 1. The van der Waals surface area contributed by atoms with Crippen LogP contribution >= 0.6 is 0 Å². The molecule has 0 aliphatic carbocycles. The van der Waals surface area contributed by atoms with E-state index in [4.69, 9.17) is 4.74 Å². The van der Waals surface area contributed by atoms with Crippen molar-refractivity contribution in [3.63, 3.8) is 0 Å². The van der Waals surface area contributed by atoms with E-state index in [0.29, 0.717) is 6.54 Å². The Labute approximate surface area is 102 Å². The van der Waals surface area contributed by atoms with Gasteiger partial charge in [-0.1, -0.05) is 20.3 Å². The molecule has 0 bridgehead atoms. The molecule has 0 aromatic carbocycles. The second-order valence-corrected chi connectivity index (χ2v) is 4.22. The largest absolute Gasteiger partial charge is 0.468 e. The highest BCUT2D eigenvalue weighted by atomic mass is 16.5. The van der Waals surface area contributed by atoms with Crippen LogP contribution in [0.1, 0.15) is 26.1 Å². The maximum atomic E-state index is 11.6. The summed E-state index contributed by atoms with van der Waals surface area (Å²) in [7, 11) is 3.35. The molecule has 0 saturated carbocycles. The van der Waals surface area contributed by atoms with E-state index in [1.165, 1.54) is 7.11 Å². The smallest absolute Gasteiger partial charge is 0.323 e. The van der Waals surface area contributed by atoms with Crippen LogP contribution in [0.25, 0.3) is 0 Å². The standard InChI is InChI=1S/C12H21N3O2/c1-5-9(2)11(12(16)17-4)14-8-10-13-6-7-15(10)3/h6-7,9,11,14H,5,8H2,1-4H3. The summed E-state index contributed by atoms with van der Waals surface area (Å²) >= 11 is 0. The normalized spacial score (nSPS) is 14.4. The Balaban J connectivity index is 2.61. The Morgan fingerprint density at radius 1 is 1.65 bits per heavy atom. The van der Waals surface area contributed by atoms with Crippen LogP contribution in [0.3, 0.4) is 0 Å². The van der Waals surface area contributed by atoms with Crippen LogP contribution in [0.2, 0.25) is 0 Å². The average molecular weight is 239 g/mol. The molecule has 0 spiro atoms. The van der Waals surface area contributed by atoms with Crippen molar-refractivity contribution in [2.24, 2.45) is 13.0 Å². The lowest BCUT2D eigenvalue weighted by molar-refractivity contribution is -0.144. The molecule has 17 heavy (non-hydrogen) atoms. The highest BCUT2D eigenvalue weighted by molar-refractivity contribution is 5.75. The minimum Gasteiger partial charge on any atom is -0.468 e. The zero-order valence-corrected chi connectivity index (χ0v) is 10.9. The number of hydrogen-bond donors (Lipinski definition) is 1. The van der Waals surface area contributed by atoms with Crippen LogP contribution in [0.5, 0.6) is 0 Å². The number of hydrogen-bond acceptors (Lipinski definition) is 4. The molecule has 0 aliphatic rings. The maximum Gasteiger partial charge on any atom is 0.323 e. The van der Waals surface area contributed by atoms with Crippen molar-refractivity contribution in [3.05, 3.63) is 18.2 Å². The minimum absolute atomic E-state index is 0.214. The van der Waals surface area contributed by atoms with Gasteiger partial charge in [0.05, 0.1) is 13.7 Å². The van der Waals surface area contributed by atoms with Crippen molar-refractivity contribution in [2.45, 2.75) is 32.9 Å². The topological polar surface area (TPSA) is 56.2 Å². The van der Waals surface area contributed by atoms with Gasteiger partial charge in [-0.2, -0.15) is 0 Å². The first kappa shape index (κ1) is 13.7. The van der Waals surface area contributed by atoms with E-state index in [1.54, 1.807) is 6.20 Å². The fourth-order valence-electron chi connectivity index (χ4n) is 1.65. The molecule has 0 amide bonds. The molecule has 1 N–H and O–H groups in total. The van der Waals surface area contributed by atoms with E-state index < -0.39 is 0 Å². The van der Waals surface area contributed by atoms with Crippen LogP contribution in [0, 0.1) is 5.92 Å². The first-order valence-electron chi connectivity index (χ1n) is 5.87. The Bertz CT molecular complexity index is 362. The zero-order chi connectivity index (χ0) is 12.8. The van der Waals surface area contributed by atoms with Gasteiger partial charge in [-0.25, -0.2) is 4.98 Å². The fraction of sp³-hybridized carbons (Fsp3) is 0.667. The van der Waals surface area contributed by atoms with Crippen molar-refractivity contribution >= 4 is 5.97 Å². The highest BCUT2D eigenvalue weighted by Gasteiger charge is 2.24.